The quantitative estimate of drug-likeness (QED) is 0.907. The molecule has 1 aromatic carbocycles. The fourth-order valence-corrected chi connectivity index (χ4v) is 1.82. The van der Waals surface area contributed by atoms with Crippen LogP contribution in [0.2, 0.25) is 5.02 Å². The molecule has 0 bridgehead atoms. The average molecular weight is 250 g/mol. The van der Waals surface area contributed by atoms with Gasteiger partial charge in [0.1, 0.15) is 10.8 Å². The molecule has 2 N–H and O–H groups in total. The maximum atomic E-state index is 5.85. The zero-order valence-electron chi connectivity index (χ0n) is 10.0. The van der Waals surface area contributed by atoms with Crippen LogP contribution < -0.4 is 5.73 Å². The fraction of sp³-hybridized carbons (Fsp3) is 0.308. The highest BCUT2D eigenvalue weighted by molar-refractivity contribution is 6.32. The first-order valence-electron chi connectivity index (χ1n) is 5.63. The second kappa shape index (κ2) is 4.80. The van der Waals surface area contributed by atoms with Gasteiger partial charge >= 0.3 is 0 Å². The number of aromatic nitrogens is 2. The third kappa shape index (κ3) is 2.61. The van der Waals surface area contributed by atoms with Crippen LogP contribution in [0.25, 0.3) is 0 Å². The van der Waals surface area contributed by atoms with Gasteiger partial charge in [0.05, 0.1) is 12.7 Å². The van der Waals surface area contributed by atoms with E-state index >= 15 is 0 Å². The van der Waals surface area contributed by atoms with Crippen LogP contribution in [0.3, 0.4) is 0 Å². The Balaban J connectivity index is 2.17. The van der Waals surface area contributed by atoms with Gasteiger partial charge in [-0.15, -0.1) is 0 Å². The minimum Gasteiger partial charge on any atom is -0.383 e. The van der Waals surface area contributed by atoms with Crippen LogP contribution in [-0.4, -0.2) is 9.78 Å². The Morgan fingerprint density at radius 3 is 2.41 bits per heavy atom. The molecule has 0 radical (unpaired) electrons. The molecule has 17 heavy (non-hydrogen) atoms. The summed E-state index contributed by atoms with van der Waals surface area (Å²) in [6.07, 6.45) is 1.57. The van der Waals surface area contributed by atoms with E-state index < -0.39 is 0 Å². The molecule has 0 aliphatic rings. The van der Waals surface area contributed by atoms with Crippen LogP contribution in [0, 0.1) is 0 Å². The van der Waals surface area contributed by atoms with Crippen molar-refractivity contribution in [3.63, 3.8) is 0 Å². The van der Waals surface area contributed by atoms with E-state index in [2.05, 4.69) is 43.2 Å². The standard InChI is InChI=1S/C13H16ClN3/c1-9(2)11-5-3-10(4-6-11)8-17-13(15)12(14)7-16-17/h3-7,9H,8,15H2,1-2H3. The summed E-state index contributed by atoms with van der Waals surface area (Å²) in [6.45, 7) is 5.01. The van der Waals surface area contributed by atoms with Crippen LogP contribution in [0.4, 0.5) is 5.82 Å². The molecular weight excluding hydrogens is 234 g/mol. The van der Waals surface area contributed by atoms with Crippen molar-refractivity contribution in [2.24, 2.45) is 0 Å². The first-order chi connectivity index (χ1) is 8.08. The lowest BCUT2D eigenvalue weighted by Gasteiger charge is -2.08. The van der Waals surface area contributed by atoms with E-state index in [-0.39, 0.29) is 0 Å². The number of nitrogen functional groups attached to an aromatic ring is 1. The molecule has 0 aliphatic carbocycles. The van der Waals surface area contributed by atoms with Gasteiger partial charge in [0.15, 0.2) is 0 Å². The molecule has 2 rings (SSSR count). The van der Waals surface area contributed by atoms with E-state index in [1.54, 1.807) is 10.9 Å². The number of benzene rings is 1. The fourth-order valence-electron chi connectivity index (χ4n) is 1.68. The highest BCUT2D eigenvalue weighted by Gasteiger charge is 2.05. The van der Waals surface area contributed by atoms with Gasteiger partial charge in [-0.2, -0.15) is 5.10 Å². The number of hydrogen-bond donors (Lipinski definition) is 1. The summed E-state index contributed by atoms with van der Waals surface area (Å²) in [5.41, 5.74) is 8.30. The Morgan fingerprint density at radius 2 is 1.94 bits per heavy atom. The van der Waals surface area contributed by atoms with Gasteiger partial charge < -0.3 is 5.73 Å². The number of hydrogen-bond acceptors (Lipinski definition) is 2. The van der Waals surface area contributed by atoms with Crippen molar-refractivity contribution in [2.75, 3.05) is 5.73 Å². The topological polar surface area (TPSA) is 43.8 Å². The molecule has 3 nitrogen and oxygen atoms in total. The monoisotopic (exact) mass is 249 g/mol. The lowest BCUT2D eigenvalue weighted by Crippen LogP contribution is -2.05. The van der Waals surface area contributed by atoms with Gasteiger partial charge in [-0.25, -0.2) is 4.68 Å². The van der Waals surface area contributed by atoms with E-state index in [1.165, 1.54) is 11.1 Å². The smallest absolute Gasteiger partial charge is 0.140 e. The number of halogens is 1. The zero-order chi connectivity index (χ0) is 12.4. The molecule has 0 fully saturated rings. The van der Waals surface area contributed by atoms with Gasteiger partial charge in [-0.05, 0) is 17.0 Å². The Morgan fingerprint density at radius 1 is 1.29 bits per heavy atom. The van der Waals surface area contributed by atoms with E-state index in [1.807, 2.05) is 0 Å². The highest BCUT2D eigenvalue weighted by Crippen LogP contribution is 2.19. The molecule has 4 heteroatoms. The SMILES string of the molecule is CC(C)c1ccc(Cn2ncc(Cl)c2N)cc1. The van der Waals surface area contributed by atoms with Crippen molar-refractivity contribution in [1.29, 1.82) is 0 Å². The van der Waals surface area contributed by atoms with Gasteiger partial charge in [-0.3, -0.25) is 0 Å². The average Bonchev–Trinajstić information content (AvgIpc) is 2.62. The first-order valence-corrected chi connectivity index (χ1v) is 6.01. The predicted octanol–water partition coefficient (Wildman–Crippen LogP) is 3.29. The largest absolute Gasteiger partial charge is 0.383 e. The van der Waals surface area contributed by atoms with Crippen molar-refractivity contribution in [3.05, 3.63) is 46.6 Å². The van der Waals surface area contributed by atoms with E-state index in [0.29, 0.717) is 23.3 Å². The third-order valence-electron chi connectivity index (χ3n) is 2.81. The first kappa shape index (κ1) is 12.0. The molecule has 90 valence electrons. The van der Waals surface area contributed by atoms with Gasteiger partial charge in [0.25, 0.3) is 0 Å². The number of nitrogens with zero attached hydrogens (tertiary/aromatic N) is 2. The Kier molecular flexibility index (Phi) is 3.38. The summed E-state index contributed by atoms with van der Waals surface area (Å²) in [6, 6.07) is 8.48. The summed E-state index contributed by atoms with van der Waals surface area (Å²) in [4.78, 5) is 0. The number of anilines is 1. The van der Waals surface area contributed by atoms with E-state index in [9.17, 15) is 0 Å². The van der Waals surface area contributed by atoms with Crippen molar-refractivity contribution >= 4 is 17.4 Å². The van der Waals surface area contributed by atoms with Crippen molar-refractivity contribution in [3.8, 4) is 0 Å². The molecule has 0 aliphatic heterocycles. The molecule has 0 amide bonds. The normalized spacial score (nSPS) is 11.1. The van der Waals surface area contributed by atoms with Crippen molar-refractivity contribution in [1.82, 2.24) is 9.78 Å². The molecule has 0 spiro atoms. The van der Waals surface area contributed by atoms with Crippen LogP contribution in [-0.2, 0) is 6.54 Å². The highest BCUT2D eigenvalue weighted by atomic mass is 35.5. The predicted molar refractivity (Wildman–Crippen MR) is 71.3 cm³/mol. The molecule has 1 heterocycles. The van der Waals surface area contributed by atoms with Crippen molar-refractivity contribution in [2.45, 2.75) is 26.3 Å². The number of rotatable bonds is 3. The van der Waals surface area contributed by atoms with Crippen LogP contribution in [0.15, 0.2) is 30.5 Å². The Bertz CT molecular complexity index is 500. The summed E-state index contributed by atoms with van der Waals surface area (Å²) in [5, 5.41) is 4.63. The summed E-state index contributed by atoms with van der Waals surface area (Å²) >= 11 is 5.85. The Hall–Kier alpha value is -1.48. The lowest BCUT2D eigenvalue weighted by atomic mass is 10.0. The second-order valence-electron chi connectivity index (χ2n) is 4.43. The summed E-state index contributed by atoms with van der Waals surface area (Å²) in [7, 11) is 0. The molecule has 1 aromatic heterocycles. The maximum absolute atomic E-state index is 5.85. The van der Waals surface area contributed by atoms with Gasteiger partial charge in [0, 0.05) is 0 Å². The molecule has 0 saturated carbocycles. The summed E-state index contributed by atoms with van der Waals surface area (Å²) < 4.78 is 1.70. The second-order valence-corrected chi connectivity index (χ2v) is 4.84. The lowest BCUT2D eigenvalue weighted by molar-refractivity contribution is 0.696. The maximum Gasteiger partial charge on any atom is 0.140 e. The van der Waals surface area contributed by atoms with Gasteiger partial charge in [-0.1, -0.05) is 49.7 Å². The van der Waals surface area contributed by atoms with Gasteiger partial charge in [0.2, 0.25) is 0 Å². The molecule has 0 atom stereocenters. The Labute approximate surface area is 106 Å². The molecule has 0 unspecified atom stereocenters. The van der Waals surface area contributed by atoms with Crippen LogP contribution in [0.5, 0.6) is 0 Å². The van der Waals surface area contributed by atoms with Crippen molar-refractivity contribution < 1.29 is 0 Å². The number of nitrogens with two attached hydrogens (primary N) is 1. The molecule has 2 aromatic rings. The third-order valence-corrected chi connectivity index (χ3v) is 3.10. The summed E-state index contributed by atoms with van der Waals surface area (Å²) in [5.74, 6) is 1.06. The van der Waals surface area contributed by atoms with Crippen LogP contribution >= 0.6 is 11.6 Å². The minimum absolute atomic E-state index is 0.504. The molecular formula is C13H16ClN3. The van der Waals surface area contributed by atoms with Crippen LogP contribution in [0.1, 0.15) is 30.9 Å². The zero-order valence-corrected chi connectivity index (χ0v) is 10.8. The molecule has 0 saturated heterocycles. The van der Waals surface area contributed by atoms with E-state index in [0.717, 1.165) is 0 Å². The van der Waals surface area contributed by atoms with E-state index in [4.69, 9.17) is 17.3 Å². The minimum atomic E-state index is 0.504.